The lowest BCUT2D eigenvalue weighted by atomic mass is 10.0. The van der Waals surface area contributed by atoms with Gasteiger partial charge in [0.25, 0.3) is 0 Å². The fourth-order valence-corrected chi connectivity index (χ4v) is 5.59. The van der Waals surface area contributed by atoms with E-state index < -0.39 is 27.8 Å². The van der Waals surface area contributed by atoms with E-state index in [1.54, 1.807) is 11.0 Å². The number of aliphatic hydroxyl groups excluding tert-OH is 1. The van der Waals surface area contributed by atoms with Crippen LogP contribution in [0.2, 0.25) is 0 Å². The van der Waals surface area contributed by atoms with Crippen LogP contribution in [0.5, 0.6) is 5.75 Å². The number of hydrogen-bond acceptors (Lipinski definition) is 7. The SMILES string of the molecule is CS(=O)(=O)Nc1cc(C[C@H](O)CNCCc2ccc(NC3CCN(C(=O)NCc4cc(F)ccc4F)CC3)cc2)ccc1O. The van der Waals surface area contributed by atoms with Gasteiger partial charge < -0.3 is 31.1 Å². The van der Waals surface area contributed by atoms with Crippen molar-refractivity contribution in [1.82, 2.24) is 15.5 Å². The topological polar surface area (TPSA) is 143 Å². The molecule has 44 heavy (non-hydrogen) atoms. The highest BCUT2D eigenvalue weighted by molar-refractivity contribution is 7.92. The Hall–Kier alpha value is -3.94. The van der Waals surface area contributed by atoms with Crippen LogP contribution in [0.4, 0.5) is 25.0 Å². The molecule has 0 radical (unpaired) electrons. The number of urea groups is 1. The maximum absolute atomic E-state index is 13.8. The van der Waals surface area contributed by atoms with E-state index in [4.69, 9.17) is 0 Å². The highest BCUT2D eigenvalue weighted by Crippen LogP contribution is 2.25. The number of nitrogens with zero attached hydrogens (tertiary/aromatic N) is 1. The summed E-state index contributed by atoms with van der Waals surface area (Å²) in [7, 11) is -3.54. The van der Waals surface area contributed by atoms with E-state index in [2.05, 4.69) is 20.7 Å². The average molecular weight is 632 g/mol. The van der Waals surface area contributed by atoms with Gasteiger partial charge in [0.05, 0.1) is 18.0 Å². The lowest BCUT2D eigenvalue weighted by molar-refractivity contribution is 0.172. The van der Waals surface area contributed by atoms with Crippen LogP contribution < -0.4 is 20.7 Å². The number of carbonyl (C=O) groups excluding carboxylic acids is 1. The van der Waals surface area contributed by atoms with E-state index in [0.29, 0.717) is 38.2 Å². The fraction of sp³-hybridized carbons (Fsp3) is 0.387. The number of rotatable bonds is 13. The molecule has 1 saturated heterocycles. The molecule has 3 aromatic rings. The maximum atomic E-state index is 13.8. The number of piperidine rings is 1. The van der Waals surface area contributed by atoms with Crippen LogP contribution in [0.3, 0.4) is 0 Å². The van der Waals surface area contributed by atoms with E-state index >= 15 is 0 Å². The molecule has 0 aromatic heterocycles. The number of halogens is 2. The lowest BCUT2D eigenvalue weighted by Crippen LogP contribution is -2.46. The second kappa shape index (κ2) is 15.2. The van der Waals surface area contributed by atoms with Gasteiger partial charge in [-0.25, -0.2) is 22.0 Å². The molecule has 6 N–H and O–H groups in total. The van der Waals surface area contributed by atoms with E-state index in [0.717, 1.165) is 55.0 Å². The summed E-state index contributed by atoms with van der Waals surface area (Å²) < 4.78 is 52.4. The molecule has 0 aliphatic carbocycles. The van der Waals surface area contributed by atoms with Gasteiger partial charge in [-0.3, -0.25) is 4.72 Å². The highest BCUT2D eigenvalue weighted by Gasteiger charge is 2.23. The van der Waals surface area contributed by atoms with E-state index in [1.165, 1.54) is 12.1 Å². The summed E-state index contributed by atoms with van der Waals surface area (Å²) in [4.78, 5) is 14.2. The molecule has 1 fully saturated rings. The first-order chi connectivity index (χ1) is 20.9. The number of phenols is 1. The van der Waals surface area contributed by atoms with Gasteiger partial charge in [-0.15, -0.1) is 0 Å². The zero-order valence-corrected chi connectivity index (χ0v) is 25.3. The summed E-state index contributed by atoms with van der Waals surface area (Å²) in [5.41, 5.74) is 3.00. The van der Waals surface area contributed by atoms with Crippen LogP contribution in [0.15, 0.2) is 60.7 Å². The molecule has 238 valence electrons. The quantitative estimate of drug-likeness (QED) is 0.125. The zero-order valence-electron chi connectivity index (χ0n) is 24.5. The molecule has 1 atom stereocenters. The van der Waals surface area contributed by atoms with Gasteiger partial charge in [-0.05, 0) is 85.8 Å². The van der Waals surface area contributed by atoms with E-state index in [9.17, 15) is 32.2 Å². The summed E-state index contributed by atoms with van der Waals surface area (Å²) >= 11 is 0. The number of hydrogen-bond donors (Lipinski definition) is 6. The number of phenolic OH excluding ortho intramolecular Hbond substituents is 1. The number of nitrogens with one attached hydrogen (secondary N) is 4. The molecule has 10 nitrogen and oxygen atoms in total. The van der Waals surface area contributed by atoms with Gasteiger partial charge >= 0.3 is 6.03 Å². The third-order valence-corrected chi connectivity index (χ3v) is 7.93. The van der Waals surface area contributed by atoms with Gasteiger partial charge in [0.15, 0.2) is 0 Å². The number of benzene rings is 3. The molecule has 13 heteroatoms. The highest BCUT2D eigenvalue weighted by atomic mass is 32.2. The number of likely N-dealkylation sites (tertiary alicyclic amines) is 1. The first-order valence-corrected chi connectivity index (χ1v) is 16.3. The van der Waals surface area contributed by atoms with Crippen molar-refractivity contribution in [3.8, 4) is 5.75 Å². The van der Waals surface area contributed by atoms with E-state index in [1.807, 2.05) is 24.3 Å². The predicted molar refractivity (Wildman–Crippen MR) is 166 cm³/mol. The van der Waals surface area contributed by atoms with Crippen molar-refractivity contribution in [3.05, 3.63) is 89.0 Å². The monoisotopic (exact) mass is 631 g/mol. The Morgan fingerprint density at radius 2 is 1.73 bits per heavy atom. The second-order valence-corrected chi connectivity index (χ2v) is 12.8. The van der Waals surface area contributed by atoms with Crippen LogP contribution in [0.1, 0.15) is 29.5 Å². The fourth-order valence-electron chi connectivity index (χ4n) is 5.03. The van der Waals surface area contributed by atoms with Crippen molar-refractivity contribution in [1.29, 1.82) is 0 Å². The Morgan fingerprint density at radius 1 is 1.02 bits per heavy atom. The molecule has 4 rings (SSSR count). The first-order valence-electron chi connectivity index (χ1n) is 14.5. The van der Waals surface area contributed by atoms with Crippen LogP contribution in [0.25, 0.3) is 0 Å². The number of carbonyl (C=O) groups is 1. The number of aliphatic hydroxyl groups is 1. The summed E-state index contributed by atoms with van der Waals surface area (Å²) in [6.45, 7) is 2.04. The summed E-state index contributed by atoms with van der Waals surface area (Å²) in [5, 5.41) is 29.7. The van der Waals surface area contributed by atoms with Crippen LogP contribution in [-0.4, -0.2) is 74.1 Å². The normalized spacial score (nSPS) is 14.7. The van der Waals surface area contributed by atoms with Gasteiger partial charge in [-0.1, -0.05) is 18.2 Å². The molecule has 0 saturated carbocycles. The zero-order chi connectivity index (χ0) is 31.7. The molecule has 2 amide bonds. The third-order valence-electron chi connectivity index (χ3n) is 7.34. The lowest BCUT2D eigenvalue weighted by Gasteiger charge is -2.33. The van der Waals surface area contributed by atoms with Gasteiger partial charge in [0.1, 0.15) is 17.4 Å². The van der Waals surface area contributed by atoms with Gasteiger partial charge in [-0.2, -0.15) is 0 Å². The minimum absolute atomic E-state index is 0.0729. The Kier molecular flexibility index (Phi) is 11.4. The predicted octanol–water partition coefficient (Wildman–Crippen LogP) is 3.56. The molecular formula is C31H39F2N5O5S. The van der Waals surface area contributed by atoms with Crippen molar-refractivity contribution >= 4 is 27.4 Å². The maximum Gasteiger partial charge on any atom is 0.317 e. The molecule has 0 unspecified atom stereocenters. The number of amides is 2. The minimum atomic E-state index is -3.54. The van der Waals surface area contributed by atoms with E-state index in [-0.39, 0.29) is 35.6 Å². The largest absolute Gasteiger partial charge is 0.506 e. The van der Waals surface area contributed by atoms with Crippen molar-refractivity contribution in [2.75, 3.05) is 42.5 Å². The Bertz CT molecular complexity index is 1520. The number of anilines is 2. The van der Waals surface area contributed by atoms with Crippen molar-refractivity contribution < 1.29 is 32.2 Å². The number of aromatic hydroxyl groups is 1. The Labute approximate surface area is 256 Å². The molecular weight excluding hydrogens is 592 g/mol. The van der Waals surface area contributed by atoms with Crippen LogP contribution in [-0.2, 0) is 29.4 Å². The average Bonchev–Trinajstić information content (AvgIpc) is 2.98. The Morgan fingerprint density at radius 3 is 2.43 bits per heavy atom. The minimum Gasteiger partial charge on any atom is -0.506 e. The van der Waals surface area contributed by atoms with Crippen molar-refractivity contribution in [2.45, 2.75) is 44.4 Å². The molecule has 1 heterocycles. The third kappa shape index (κ3) is 10.4. The smallest absolute Gasteiger partial charge is 0.317 e. The number of sulfonamides is 1. The van der Waals surface area contributed by atoms with Crippen LogP contribution in [0, 0.1) is 11.6 Å². The van der Waals surface area contributed by atoms with Crippen molar-refractivity contribution in [2.24, 2.45) is 0 Å². The molecule has 1 aliphatic rings. The molecule has 0 bridgehead atoms. The standard InChI is InChI=1S/C31H39F2N5O5S/c1-44(42,43)37-29-17-22(4-9-30(29)40)16-27(39)20-34-13-10-21-2-6-25(7-3-21)36-26-11-14-38(15-12-26)31(41)35-19-23-18-24(32)5-8-28(23)33/h2-9,17-18,26-27,34,36-37,39-40H,10-16,19-20H2,1H3,(H,35,41)/t27-/m0/s1. The molecule has 1 aliphatic heterocycles. The molecule has 3 aromatic carbocycles. The van der Waals surface area contributed by atoms with Crippen molar-refractivity contribution in [3.63, 3.8) is 0 Å². The van der Waals surface area contributed by atoms with Gasteiger partial charge in [0.2, 0.25) is 10.0 Å². The first kappa shape index (κ1) is 33.0. The summed E-state index contributed by atoms with van der Waals surface area (Å²) in [6, 6.07) is 15.8. The summed E-state index contributed by atoms with van der Waals surface area (Å²) in [6.07, 6.45) is 2.89. The summed E-state index contributed by atoms with van der Waals surface area (Å²) in [5.74, 6) is -1.28. The Balaban J connectivity index is 1.12. The van der Waals surface area contributed by atoms with Gasteiger partial charge in [0, 0.05) is 43.5 Å². The molecule has 0 spiro atoms. The second-order valence-electron chi connectivity index (χ2n) is 11.0. The van der Waals surface area contributed by atoms with Crippen LogP contribution >= 0.6 is 0 Å².